The molecule has 1 fully saturated rings. The number of benzene rings is 1. The average molecular weight is 566 g/mol. The monoisotopic (exact) mass is 565 g/mol. The largest absolute Gasteiger partial charge is 0.383 e. The van der Waals surface area contributed by atoms with Crippen LogP contribution in [0.3, 0.4) is 0 Å². The van der Waals surface area contributed by atoms with E-state index in [4.69, 9.17) is 4.74 Å². The number of aromatic nitrogens is 3. The molecule has 0 saturated carbocycles. The molecule has 3 heterocycles. The Balaban J connectivity index is 1.47. The van der Waals surface area contributed by atoms with Gasteiger partial charge >= 0.3 is 0 Å². The van der Waals surface area contributed by atoms with Crippen molar-refractivity contribution in [3.05, 3.63) is 65.3 Å². The van der Waals surface area contributed by atoms with Crippen LogP contribution in [0.4, 0.5) is 14.6 Å². The predicted molar refractivity (Wildman–Crippen MR) is 162 cm³/mol. The van der Waals surface area contributed by atoms with Crippen molar-refractivity contribution in [3.8, 4) is 0 Å². The van der Waals surface area contributed by atoms with Gasteiger partial charge in [-0.25, -0.2) is 18.7 Å². The molecule has 10 heteroatoms. The number of nitrogens with zero attached hydrogens (tertiary/aromatic N) is 6. The number of hydrogen-bond donors (Lipinski definition) is 1. The smallest absolute Gasteiger partial charge is 0.167 e. The lowest BCUT2D eigenvalue weighted by Crippen LogP contribution is -2.37. The van der Waals surface area contributed by atoms with E-state index in [1.807, 2.05) is 37.6 Å². The van der Waals surface area contributed by atoms with Crippen molar-refractivity contribution in [1.29, 1.82) is 0 Å². The summed E-state index contributed by atoms with van der Waals surface area (Å²) in [6.45, 7) is 15.4. The number of ether oxygens (including phenoxy) is 1. The third-order valence-corrected chi connectivity index (χ3v) is 7.91. The number of allylic oxidation sites excluding steroid dienone is 1. The summed E-state index contributed by atoms with van der Waals surface area (Å²) in [7, 11) is 1.74. The number of aliphatic imine (C=N–C) groups is 2. The molecule has 0 bridgehead atoms. The Hall–Kier alpha value is -3.50. The minimum atomic E-state index is -0.710. The number of piperidine rings is 1. The fourth-order valence-corrected chi connectivity index (χ4v) is 5.65. The number of hydrogen-bond acceptors (Lipinski definition) is 7. The zero-order valence-electron chi connectivity index (χ0n) is 24.7. The van der Waals surface area contributed by atoms with Crippen LogP contribution in [0.5, 0.6) is 0 Å². The van der Waals surface area contributed by atoms with E-state index < -0.39 is 11.6 Å². The number of methoxy groups -OCH3 is 1. The first kappa shape index (κ1) is 30.5. The van der Waals surface area contributed by atoms with E-state index in [2.05, 4.69) is 49.9 Å². The molecule has 0 aliphatic carbocycles. The first-order valence-electron chi connectivity index (χ1n) is 14.2. The molecule has 0 spiro atoms. The van der Waals surface area contributed by atoms with Crippen molar-refractivity contribution in [2.75, 3.05) is 45.3 Å². The number of pyridine rings is 1. The lowest BCUT2D eigenvalue weighted by Gasteiger charge is -2.34. The third-order valence-electron chi connectivity index (χ3n) is 7.91. The molecule has 1 aromatic carbocycles. The number of aryl methyl sites for hydroxylation is 1. The topological polar surface area (TPSA) is 79.9 Å². The minimum Gasteiger partial charge on any atom is -0.383 e. The van der Waals surface area contributed by atoms with E-state index in [1.54, 1.807) is 13.2 Å². The van der Waals surface area contributed by atoms with E-state index >= 15 is 8.78 Å². The van der Waals surface area contributed by atoms with E-state index in [1.165, 1.54) is 11.6 Å². The number of imidazole rings is 1. The molecule has 0 radical (unpaired) electrons. The zero-order valence-corrected chi connectivity index (χ0v) is 24.7. The van der Waals surface area contributed by atoms with Crippen molar-refractivity contribution in [1.82, 2.24) is 19.4 Å². The van der Waals surface area contributed by atoms with Gasteiger partial charge in [-0.2, -0.15) is 0 Å². The lowest BCUT2D eigenvalue weighted by molar-refractivity contribution is 0.115. The van der Waals surface area contributed by atoms with Crippen LogP contribution in [0.15, 0.2) is 52.5 Å². The molecule has 3 aromatic rings. The van der Waals surface area contributed by atoms with Crippen LogP contribution < -0.4 is 5.32 Å². The maximum atomic E-state index is 15.1. The van der Waals surface area contributed by atoms with Crippen molar-refractivity contribution < 1.29 is 13.5 Å². The summed E-state index contributed by atoms with van der Waals surface area (Å²) < 4.78 is 37.3. The van der Waals surface area contributed by atoms with Gasteiger partial charge in [-0.05, 0) is 89.0 Å². The van der Waals surface area contributed by atoms with Crippen LogP contribution in [0.25, 0.3) is 11.0 Å². The first-order chi connectivity index (χ1) is 19.7. The van der Waals surface area contributed by atoms with Crippen LogP contribution in [0, 0.1) is 18.7 Å². The summed E-state index contributed by atoms with van der Waals surface area (Å²) in [6, 6.07) is 7.03. The van der Waals surface area contributed by atoms with Gasteiger partial charge in [0.25, 0.3) is 0 Å². The van der Waals surface area contributed by atoms with Gasteiger partial charge in [0.2, 0.25) is 0 Å². The van der Waals surface area contributed by atoms with E-state index in [-0.39, 0.29) is 23.9 Å². The molecule has 0 amide bonds. The van der Waals surface area contributed by atoms with Gasteiger partial charge in [-0.15, -0.1) is 0 Å². The summed E-state index contributed by atoms with van der Waals surface area (Å²) in [4.78, 5) is 19.4. The standard InChI is InChI=1S/C31H41F2N7O/c1-20(2)40-22(4)38-31-26(32)15-25(16-28(31)40)30(27(33)18-34-5)37-19-36-29-8-7-24(17-35-29)21(3)23-9-11-39(12-10-23)13-14-41-6/h7-8,15-18,20-21,23H,5,9-14,19H2,1-4,6H3,(H,35,36)/b27-18+,37-30?. The number of likely N-dealkylation sites (tertiary alicyclic amines) is 1. The Morgan fingerprint density at radius 1 is 1.24 bits per heavy atom. The Bertz CT molecular complexity index is 1390. The Morgan fingerprint density at radius 2 is 2.00 bits per heavy atom. The Kier molecular flexibility index (Phi) is 10.3. The maximum absolute atomic E-state index is 15.1. The first-order valence-corrected chi connectivity index (χ1v) is 14.2. The van der Waals surface area contributed by atoms with Crippen molar-refractivity contribution >= 4 is 29.3 Å². The van der Waals surface area contributed by atoms with Gasteiger partial charge in [-0.1, -0.05) is 13.0 Å². The molecule has 4 rings (SSSR count). The van der Waals surface area contributed by atoms with Gasteiger partial charge < -0.3 is 19.5 Å². The molecular weight excluding hydrogens is 524 g/mol. The molecule has 8 nitrogen and oxygen atoms in total. The second-order valence-electron chi connectivity index (χ2n) is 10.9. The number of halogens is 2. The SMILES string of the molecule is C=N/C=C(/F)C(=NCNc1ccc(C(C)C2CCN(CCOC)CC2)cn1)c1cc(F)c2nc(C)n(C(C)C)c2c1. The fraction of sp³-hybridized carbons (Fsp3) is 0.484. The van der Waals surface area contributed by atoms with Crippen LogP contribution in [0.1, 0.15) is 62.5 Å². The van der Waals surface area contributed by atoms with Gasteiger partial charge in [0.15, 0.2) is 11.6 Å². The summed E-state index contributed by atoms with van der Waals surface area (Å²) >= 11 is 0. The molecule has 1 atom stereocenters. The van der Waals surface area contributed by atoms with E-state index in [0.29, 0.717) is 34.6 Å². The van der Waals surface area contributed by atoms with E-state index in [9.17, 15) is 0 Å². The maximum Gasteiger partial charge on any atom is 0.167 e. The van der Waals surface area contributed by atoms with Gasteiger partial charge in [0, 0.05) is 31.5 Å². The third kappa shape index (κ3) is 7.23. The molecule has 2 aromatic heterocycles. The summed E-state index contributed by atoms with van der Waals surface area (Å²) in [5, 5.41) is 3.13. The number of nitrogens with one attached hydrogen (secondary N) is 1. The molecule has 1 aliphatic heterocycles. The molecule has 1 N–H and O–H groups in total. The van der Waals surface area contributed by atoms with Crippen LogP contribution in [-0.2, 0) is 4.74 Å². The average Bonchev–Trinajstić information content (AvgIpc) is 3.31. The van der Waals surface area contributed by atoms with Crippen LogP contribution in [-0.4, -0.2) is 71.9 Å². The van der Waals surface area contributed by atoms with Gasteiger partial charge in [0.1, 0.15) is 29.5 Å². The van der Waals surface area contributed by atoms with Crippen molar-refractivity contribution in [2.45, 2.75) is 52.5 Å². The quantitative estimate of drug-likeness (QED) is 0.261. The van der Waals surface area contributed by atoms with Crippen molar-refractivity contribution in [2.24, 2.45) is 15.9 Å². The number of anilines is 1. The Labute approximate surface area is 241 Å². The molecule has 1 saturated heterocycles. The highest BCUT2D eigenvalue weighted by Gasteiger charge is 2.25. The summed E-state index contributed by atoms with van der Waals surface area (Å²) in [6.07, 6.45) is 5.19. The second-order valence-corrected chi connectivity index (χ2v) is 10.9. The van der Waals surface area contributed by atoms with Crippen LogP contribution >= 0.6 is 0 Å². The van der Waals surface area contributed by atoms with Gasteiger partial charge in [-0.3, -0.25) is 9.98 Å². The lowest BCUT2D eigenvalue weighted by atomic mass is 9.82. The highest BCUT2D eigenvalue weighted by molar-refractivity contribution is 6.12. The molecule has 41 heavy (non-hydrogen) atoms. The van der Waals surface area contributed by atoms with Gasteiger partial charge in [0.05, 0.1) is 18.3 Å². The molecular formula is C31H41F2N7O. The number of rotatable bonds is 12. The van der Waals surface area contributed by atoms with Crippen LogP contribution in [0.2, 0.25) is 0 Å². The van der Waals surface area contributed by atoms with Crippen molar-refractivity contribution in [3.63, 3.8) is 0 Å². The predicted octanol–water partition coefficient (Wildman–Crippen LogP) is 6.29. The number of fused-ring (bicyclic) bond motifs is 1. The van der Waals surface area contributed by atoms with E-state index in [0.717, 1.165) is 45.3 Å². The molecule has 1 unspecified atom stereocenters. The minimum absolute atomic E-state index is 0.0260. The molecule has 1 aliphatic rings. The summed E-state index contributed by atoms with van der Waals surface area (Å²) in [5.41, 5.74) is 2.30. The molecule has 220 valence electrons. The highest BCUT2D eigenvalue weighted by Crippen LogP contribution is 2.32. The second kappa shape index (κ2) is 13.9. The Morgan fingerprint density at radius 3 is 2.63 bits per heavy atom. The zero-order chi connectivity index (χ0) is 29.5. The fourth-order valence-electron chi connectivity index (χ4n) is 5.65. The normalized spacial score (nSPS) is 16.5. The highest BCUT2D eigenvalue weighted by atomic mass is 19.1. The summed E-state index contributed by atoms with van der Waals surface area (Å²) in [5.74, 6) is 1.09.